The Morgan fingerprint density at radius 1 is 1.08 bits per heavy atom. The zero-order valence-corrected chi connectivity index (χ0v) is 20.0. The number of carbonyl (C=O) groups excluding carboxylic acids is 1. The molecule has 6 rings (SSSR count). The van der Waals surface area contributed by atoms with Crippen LogP contribution in [0.3, 0.4) is 0 Å². The first-order chi connectivity index (χ1) is 17.4. The fraction of sp³-hybridized carbons (Fsp3) is 0.407. The fourth-order valence-electron chi connectivity index (χ4n) is 6.00. The molecule has 7 nitrogen and oxygen atoms in total. The first-order valence-corrected chi connectivity index (χ1v) is 12.6. The predicted molar refractivity (Wildman–Crippen MR) is 133 cm³/mol. The highest BCUT2D eigenvalue weighted by Crippen LogP contribution is 2.49. The Morgan fingerprint density at radius 3 is 2.56 bits per heavy atom. The molecule has 9 heteroatoms. The minimum absolute atomic E-state index is 0.0586. The monoisotopic (exact) mass is 491 g/mol. The molecule has 3 aliphatic rings. The van der Waals surface area contributed by atoms with Crippen molar-refractivity contribution in [2.24, 2.45) is 4.99 Å². The van der Waals surface area contributed by atoms with Crippen LogP contribution in [0.4, 0.5) is 14.5 Å². The van der Waals surface area contributed by atoms with E-state index in [9.17, 15) is 18.4 Å². The number of amidine groups is 1. The van der Waals surface area contributed by atoms with Crippen LogP contribution in [0.2, 0.25) is 0 Å². The van der Waals surface area contributed by atoms with Crippen LogP contribution in [0.5, 0.6) is 0 Å². The highest BCUT2D eigenvalue weighted by molar-refractivity contribution is 6.09. The summed E-state index contributed by atoms with van der Waals surface area (Å²) in [6.07, 6.45) is 5.75. The number of amides is 1. The van der Waals surface area contributed by atoms with E-state index in [0.717, 1.165) is 31.5 Å². The summed E-state index contributed by atoms with van der Waals surface area (Å²) in [6, 6.07) is 7.34. The molecule has 2 unspecified atom stereocenters. The summed E-state index contributed by atoms with van der Waals surface area (Å²) in [6.45, 7) is 2.09. The van der Waals surface area contributed by atoms with Crippen molar-refractivity contribution in [3.63, 3.8) is 0 Å². The summed E-state index contributed by atoms with van der Waals surface area (Å²) in [7, 11) is 0. The second-order valence-electron chi connectivity index (χ2n) is 9.98. The van der Waals surface area contributed by atoms with Gasteiger partial charge in [-0.15, -0.1) is 0 Å². The van der Waals surface area contributed by atoms with E-state index in [0.29, 0.717) is 41.6 Å². The summed E-state index contributed by atoms with van der Waals surface area (Å²) < 4.78 is 28.3. The largest absolute Gasteiger partial charge is 0.375 e. The van der Waals surface area contributed by atoms with Crippen molar-refractivity contribution in [2.45, 2.75) is 69.5 Å². The average molecular weight is 492 g/mol. The van der Waals surface area contributed by atoms with Gasteiger partial charge in [-0.05, 0) is 49.1 Å². The molecule has 1 amide bonds. The van der Waals surface area contributed by atoms with Crippen LogP contribution >= 0.6 is 0 Å². The SMILES string of the molecule is CCCCC1=NC2(CCCC2)C(=O)N1C1c2n[nH]c(=O)c3cc(F)cc(c23)NC1c1ccc(F)cc1. The summed E-state index contributed by atoms with van der Waals surface area (Å²) in [5.41, 5.74) is 0.335. The molecule has 1 aliphatic carbocycles. The topological polar surface area (TPSA) is 90.5 Å². The molecule has 1 spiro atoms. The van der Waals surface area contributed by atoms with Crippen LogP contribution in [-0.4, -0.2) is 32.4 Å². The Kier molecular flexibility index (Phi) is 5.39. The van der Waals surface area contributed by atoms with Gasteiger partial charge in [0.25, 0.3) is 11.5 Å². The number of benzene rings is 2. The van der Waals surface area contributed by atoms with Gasteiger partial charge in [-0.1, -0.05) is 38.3 Å². The minimum atomic E-state index is -0.763. The Morgan fingerprint density at radius 2 is 1.83 bits per heavy atom. The molecule has 2 aromatic carbocycles. The van der Waals surface area contributed by atoms with Crippen LogP contribution in [0.25, 0.3) is 10.8 Å². The van der Waals surface area contributed by atoms with Crippen molar-refractivity contribution in [1.82, 2.24) is 15.1 Å². The molecule has 3 aromatic rings. The van der Waals surface area contributed by atoms with Gasteiger partial charge in [-0.3, -0.25) is 19.5 Å². The predicted octanol–water partition coefficient (Wildman–Crippen LogP) is 5.15. The lowest BCUT2D eigenvalue weighted by Crippen LogP contribution is -2.47. The highest BCUT2D eigenvalue weighted by atomic mass is 19.1. The van der Waals surface area contributed by atoms with E-state index in [1.165, 1.54) is 24.3 Å². The Hall–Kier alpha value is -3.62. The van der Waals surface area contributed by atoms with Gasteiger partial charge in [0.1, 0.15) is 29.1 Å². The molecule has 0 radical (unpaired) electrons. The van der Waals surface area contributed by atoms with Gasteiger partial charge in [0.2, 0.25) is 0 Å². The molecule has 1 fully saturated rings. The van der Waals surface area contributed by atoms with E-state index in [-0.39, 0.29) is 17.1 Å². The zero-order chi connectivity index (χ0) is 25.0. The van der Waals surface area contributed by atoms with Crippen LogP contribution in [0.1, 0.15) is 75.2 Å². The van der Waals surface area contributed by atoms with Gasteiger partial charge < -0.3 is 5.32 Å². The van der Waals surface area contributed by atoms with E-state index in [1.54, 1.807) is 17.0 Å². The number of unbranched alkanes of at least 4 members (excludes halogenated alkanes) is 1. The molecule has 1 saturated carbocycles. The van der Waals surface area contributed by atoms with E-state index in [4.69, 9.17) is 4.99 Å². The third kappa shape index (κ3) is 3.43. The number of anilines is 1. The van der Waals surface area contributed by atoms with Gasteiger partial charge in [-0.2, -0.15) is 5.10 Å². The third-order valence-electron chi connectivity index (χ3n) is 7.72. The number of nitrogens with zero attached hydrogens (tertiary/aromatic N) is 3. The molecule has 0 saturated heterocycles. The van der Waals surface area contributed by atoms with Crippen LogP contribution in [0.15, 0.2) is 46.2 Å². The summed E-state index contributed by atoms with van der Waals surface area (Å²) >= 11 is 0. The van der Waals surface area contributed by atoms with Crippen molar-refractivity contribution < 1.29 is 13.6 Å². The smallest absolute Gasteiger partial charge is 0.272 e. The maximum Gasteiger partial charge on any atom is 0.272 e. The molecule has 36 heavy (non-hydrogen) atoms. The number of H-pyrrole nitrogens is 1. The lowest BCUT2D eigenvalue weighted by molar-refractivity contribution is -0.133. The van der Waals surface area contributed by atoms with Gasteiger partial charge in [-0.25, -0.2) is 13.9 Å². The van der Waals surface area contributed by atoms with Gasteiger partial charge in [0.05, 0.1) is 17.1 Å². The summed E-state index contributed by atoms with van der Waals surface area (Å²) in [5, 5.41) is 11.0. The standard InChI is InChI=1S/C27H27F2N5O2/c1-2-3-6-20-31-27(11-4-5-12-27)26(36)34(20)24-22(15-7-9-16(28)10-8-15)30-19-14-17(29)13-18-21(19)23(24)32-33-25(18)35/h7-10,13-14,22,24,30H,2-6,11-12H2,1H3,(H,33,35). The quantitative estimate of drug-likeness (QED) is 0.516. The molecule has 2 N–H and O–H groups in total. The molecule has 3 heterocycles. The van der Waals surface area contributed by atoms with E-state index in [2.05, 4.69) is 22.4 Å². The molecule has 0 bridgehead atoms. The second-order valence-corrected chi connectivity index (χ2v) is 9.98. The van der Waals surface area contributed by atoms with Crippen molar-refractivity contribution >= 4 is 28.2 Å². The fourth-order valence-corrected chi connectivity index (χ4v) is 6.00. The van der Waals surface area contributed by atoms with Crippen molar-refractivity contribution in [1.29, 1.82) is 0 Å². The van der Waals surface area contributed by atoms with Crippen molar-refractivity contribution in [3.8, 4) is 0 Å². The van der Waals surface area contributed by atoms with E-state index in [1.807, 2.05) is 0 Å². The number of rotatable bonds is 5. The molecular weight excluding hydrogens is 464 g/mol. The van der Waals surface area contributed by atoms with Crippen LogP contribution in [-0.2, 0) is 4.79 Å². The normalized spacial score (nSPS) is 22.4. The number of aromatic nitrogens is 2. The molecule has 1 aromatic heterocycles. The van der Waals surface area contributed by atoms with Crippen molar-refractivity contribution in [2.75, 3.05) is 5.32 Å². The molecular formula is C27H27F2N5O2. The third-order valence-corrected chi connectivity index (χ3v) is 7.72. The van der Waals surface area contributed by atoms with Crippen LogP contribution in [0, 0.1) is 11.6 Å². The van der Waals surface area contributed by atoms with Gasteiger partial charge >= 0.3 is 0 Å². The Labute approximate surface area is 206 Å². The lowest BCUT2D eigenvalue weighted by Gasteiger charge is -2.40. The van der Waals surface area contributed by atoms with E-state index >= 15 is 0 Å². The minimum Gasteiger partial charge on any atom is -0.375 e. The first-order valence-electron chi connectivity index (χ1n) is 12.6. The lowest BCUT2D eigenvalue weighted by atomic mass is 9.87. The number of halogens is 2. The van der Waals surface area contributed by atoms with Gasteiger partial charge in [0, 0.05) is 17.5 Å². The van der Waals surface area contributed by atoms with Crippen LogP contribution < -0.4 is 10.9 Å². The number of carbonyl (C=O) groups is 1. The molecule has 2 atom stereocenters. The Balaban J connectivity index is 1.58. The number of hydrogen-bond acceptors (Lipinski definition) is 5. The maximum absolute atomic E-state index is 14.5. The molecule has 186 valence electrons. The number of nitrogens with one attached hydrogen (secondary N) is 2. The second kappa shape index (κ2) is 8.50. The highest BCUT2D eigenvalue weighted by Gasteiger charge is 2.54. The van der Waals surface area contributed by atoms with Gasteiger partial charge in [0.15, 0.2) is 0 Å². The summed E-state index contributed by atoms with van der Waals surface area (Å²) in [4.78, 5) is 33.5. The van der Waals surface area contributed by atoms with E-state index < -0.39 is 29.0 Å². The van der Waals surface area contributed by atoms with Crippen molar-refractivity contribution in [3.05, 3.63) is 69.6 Å². The Bertz CT molecular complexity index is 1440. The number of aromatic amines is 1. The zero-order valence-electron chi connectivity index (χ0n) is 20.0. The number of aliphatic imine (C=N–C) groups is 1. The number of hydrogen-bond donors (Lipinski definition) is 2. The molecule has 2 aliphatic heterocycles. The maximum atomic E-state index is 14.5. The first kappa shape index (κ1) is 22.8. The summed E-state index contributed by atoms with van der Waals surface area (Å²) in [5.74, 6) is -0.281. The average Bonchev–Trinajstić information content (AvgIpc) is 3.45.